The third kappa shape index (κ3) is 5.53. The van der Waals surface area contributed by atoms with Crippen LogP contribution in [-0.2, 0) is 11.3 Å². The molecule has 1 rings (SSSR count). The van der Waals surface area contributed by atoms with Crippen LogP contribution >= 0.6 is 11.6 Å². The quantitative estimate of drug-likeness (QED) is 0.662. The largest absolute Gasteiger partial charge is 0.380 e. The first-order valence-electron chi connectivity index (χ1n) is 6.15. The third-order valence-corrected chi connectivity index (χ3v) is 3.07. The van der Waals surface area contributed by atoms with Crippen LogP contribution in [0.2, 0.25) is 0 Å². The van der Waals surface area contributed by atoms with E-state index in [0.29, 0.717) is 12.0 Å². The molecule has 0 radical (unpaired) electrons. The molecule has 0 amide bonds. The van der Waals surface area contributed by atoms with Crippen LogP contribution < -0.4 is 0 Å². The maximum Gasteiger partial charge on any atom is 0.0695 e. The van der Waals surface area contributed by atoms with Crippen molar-refractivity contribution in [3.8, 4) is 0 Å². The molecule has 0 aliphatic carbocycles. The van der Waals surface area contributed by atoms with Gasteiger partial charge in [0.05, 0.1) is 6.10 Å². The second kappa shape index (κ2) is 8.51. The third-order valence-electron chi connectivity index (χ3n) is 2.90. The number of hydrogen-bond acceptors (Lipinski definition) is 2. The summed E-state index contributed by atoms with van der Waals surface area (Å²) in [6.45, 7) is 4.92. The number of halogens is 1. The zero-order valence-corrected chi connectivity index (χ0v) is 11.5. The van der Waals surface area contributed by atoms with Gasteiger partial charge in [-0.1, -0.05) is 37.3 Å². The molecule has 3 heteroatoms. The van der Waals surface area contributed by atoms with Gasteiger partial charge in [-0.2, -0.15) is 0 Å². The number of hydrogen-bond donors (Lipinski definition) is 0. The number of benzene rings is 1. The minimum absolute atomic E-state index is 0.293. The van der Waals surface area contributed by atoms with Gasteiger partial charge in [-0.05, 0) is 12.0 Å². The molecule has 1 unspecified atom stereocenters. The Morgan fingerprint density at radius 3 is 2.53 bits per heavy atom. The molecule has 0 saturated heterocycles. The lowest BCUT2D eigenvalue weighted by molar-refractivity contribution is 0.0608. The van der Waals surface area contributed by atoms with Crippen LogP contribution in [0.25, 0.3) is 0 Å². The topological polar surface area (TPSA) is 12.5 Å². The molecule has 1 atom stereocenters. The van der Waals surface area contributed by atoms with E-state index in [1.807, 2.05) is 6.07 Å². The minimum Gasteiger partial charge on any atom is -0.380 e. The summed E-state index contributed by atoms with van der Waals surface area (Å²) >= 11 is 5.85. The van der Waals surface area contributed by atoms with Crippen LogP contribution in [-0.4, -0.2) is 37.1 Å². The first kappa shape index (κ1) is 14.5. The van der Waals surface area contributed by atoms with E-state index < -0.39 is 0 Å². The summed E-state index contributed by atoms with van der Waals surface area (Å²) in [5.74, 6) is 0.660. The Hall–Kier alpha value is -0.570. The lowest BCUT2D eigenvalue weighted by Crippen LogP contribution is -2.34. The number of ether oxygens (including phenoxy) is 1. The molecule has 0 saturated carbocycles. The molecule has 0 N–H and O–H groups in total. The average molecular weight is 256 g/mol. The fourth-order valence-corrected chi connectivity index (χ4v) is 2.09. The van der Waals surface area contributed by atoms with E-state index in [1.54, 1.807) is 7.11 Å². The molecule has 1 aromatic carbocycles. The highest BCUT2D eigenvalue weighted by Gasteiger charge is 2.11. The predicted octanol–water partition coefficient (Wildman–Crippen LogP) is 3.15. The second-order valence-electron chi connectivity index (χ2n) is 4.18. The fourth-order valence-electron chi connectivity index (χ4n) is 1.85. The smallest absolute Gasteiger partial charge is 0.0695 e. The van der Waals surface area contributed by atoms with Crippen molar-refractivity contribution in [2.24, 2.45) is 0 Å². The highest BCUT2D eigenvalue weighted by molar-refractivity contribution is 6.18. The Morgan fingerprint density at radius 2 is 2.00 bits per heavy atom. The van der Waals surface area contributed by atoms with Gasteiger partial charge in [0, 0.05) is 32.6 Å². The molecule has 96 valence electrons. The number of rotatable bonds is 8. The number of nitrogens with zero attached hydrogens (tertiary/aromatic N) is 1. The monoisotopic (exact) mass is 255 g/mol. The normalized spacial score (nSPS) is 12.9. The molecule has 0 aromatic heterocycles. The Kier molecular flexibility index (Phi) is 7.25. The number of methoxy groups -OCH3 is 1. The Balaban J connectivity index is 2.53. The summed E-state index contributed by atoms with van der Waals surface area (Å²) < 4.78 is 5.43. The van der Waals surface area contributed by atoms with E-state index in [0.717, 1.165) is 26.1 Å². The van der Waals surface area contributed by atoms with E-state index in [9.17, 15) is 0 Å². The van der Waals surface area contributed by atoms with Crippen LogP contribution in [0.1, 0.15) is 18.9 Å². The molecule has 0 bridgehead atoms. The van der Waals surface area contributed by atoms with E-state index in [2.05, 4.69) is 36.1 Å². The molecule has 17 heavy (non-hydrogen) atoms. The molecule has 0 spiro atoms. The molecular formula is C14H22ClNO. The van der Waals surface area contributed by atoms with Crippen LogP contribution in [0.15, 0.2) is 30.3 Å². The highest BCUT2D eigenvalue weighted by atomic mass is 35.5. The van der Waals surface area contributed by atoms with Gasteiger partial charge in [-0.15, -0.1) is 11.6 Å². The van der Waals surface area contributed by atoms with Crippen molar-refractivity contribution in [3.63, 3.8) is 0 Å². The molecular weight excluding hydrogens is 234 g/mol. The highest BCUT2D eigenvalue weighted by Crippen LogP contribution is 2.07. The SMILES string of the molecule is CCC(CN(CCCl)Cc1ccccc1)OC. The van der Waals surface area contributed by atoms with Crippen molar-refractivity contribution in [2.75, 3.05) is 26.1 Å². The first-order valence-corrected chi connectivity index (χ1v) is 6.68. The predicted molar refractivity (Wildman–Crippen MR) is 73.5 cm³/mol. The lowest BCUT2D eigenvalue weighted by atomic mass is 10.2. The first-order chi connectivity index (χ1) is 8.30. The van der Waals surface area contributed by atoms with Crippen LogP contribution in [0.3, 0.4) is 0 Å². The average Bonchev–Trinajstić information content (AvgIpc) is 2.37. The van der Waals surface area contributed by atoms with Crippen molar-refractivity contribution < 1.29 is 4.74 Å². The molecule has 1 aromatic rings. The Labute approximate surface area is 110 Å². The zero-order chi connectivity index (χ0) is 12.5. The molecule has 0 fully saturated rings. The van der Waals surface area contributed by atoms with E-state index in [1.165, 1.54) is 5.56 Å². The second-order valence-corrected chi connectivity index (χ2v) is 4.55. The van der Waals surface area contributed by atoms with Gasteiger partial charge < -0.3 is 4.74 Å². The minimum atomic E-state index is 0.293. The van der Waals surface area contributed by atoms with Crippen molar-refractivity contribution in [1.82, 2.24) is 4.90 Å². The summed E-state index contributed by atoms with van der Waals surface area (Å²) in [7, 11) is 1.77. The van der Waals surface area contributed by atoms with Gasteiger partial charge in [0.2, 0.25) is 0 Å². The summed E-state index contributed by atoms with van der Waals surface area (Å²) in [5.41, 5.74) is 1.32. The van der Waals surface area contributed by atoms with Crippen molar-refractivity contribution in [1.29, 1.82) is 0 Å². The van der Waals surface area contributed by atoms with Gasteiger partial charge in [0.1, 0.15) is 0 Å². The fraction of sp³-hybridized carbons (Fsp3) is 0.571. The van der Waals surface area contributed by atoms with Crippen LogP contribution in [0.4, 0.5) is 0 Å². The maximum atomic E-state index is 5.85. The van der Waals surface area contributed by atoms with Crippen molar-refractivity contribution in [3.05, 3.63) is 35.9 Å². The number of alkyl halides is 1. The maximum absolute atomic E-state index is 5.85. The molecule has 2 nitrogen and oxygen atoms in total. The Bertz CT molecular complexity index is 288. The molecule has 0 aliphatic rings. The van der Waals surface area contributed by atoms with Gasteiger partial charge in [-0.3, -0.25) is 4.90 Å². The molecule has 0 aliphatic heterocycles. The van der Waals surface area contributed by atoms with Crippen LogP contribution in [0, 0.1) is 0 Å². The Morgan fingerprint density at radius 1 is 1.29 bits per heavy atom. The standard InChI is InChI=1S/C14H22ClNO/c1-3-14(17-2)12-16(10-9-15)11-13-7-5-4-6-8-13/h4-8,14H,3,9-12H2,1-2H3. The molecule has 0 heterocycles. The van der Waals surface area contributed by atoms with Crippen molar-refractivity contribution in [2.45, 2.75) is 26.0 Å². The zero-order valence-electron chi connectivity index (χ0n) is 10.7. The lowest BCUT2D eigenvalue weighted by Gasteiger charge is -2.25. The summed E-state index contributed by atoms with van der Waals surface area (Å²) in [6.07, 6.45) is 1.33. The van der Waals surface area contributed by atoms with Gasteiger partial charge in [0.25, 0.3) is 0 Å². The van der Waals surface area contributed by atoms with Gasteiger partial charge in [-0.25, -0.2) is 0 Å². The van der Waals surface area contributed by atoms with Crippen molar-refractivity contribution >= 4 is 11.6 Å². The van der Waals surface area contributed by atoms with E-state index >= 15 is 0 Å². The summed E-state index contributed by atoms with van der Waals surface area (Å²) in [5, 5.41) is 0. The van der Waals surface area contributed by atoms with Gasteiger partial charge >= 0.3 is 0 Å². The van der Waals surface area contributed by atoms with E-state index in [4.69, 9.17) is 16.3 Å². The summed E-state index contributed by atoms with van der Waals surface area (Å²) in [6, 6.07) is 10.5. The van der Waals surface area contributed by atoms with Gasteiger partial charge in [0.15, 0.2) is 0 Å². The van der Waals surface area contributed by atoms with E-state index in [-0.39, 0.29) is 0 Å². The van der Waals surface area contributed by atoms with Crippen LogP contribution in [0.5, 0.6) is 0 Å². The summed E-state index contributed by atoms with van der Waals surface area (Å²) in [4.78, 5) is 2.35.